The normalized spacial score (nSPS) is 15.2. The Hall–Kier alpha value is -1.69. The topological polar surface area (TPSA) is 46.0 Å². The highest BCUT2D eigenvalue weighted by molar-refractivity contribution is 8.29. The predicted octanol–water partition coefficient (Wildman–Crippen LogP) is 4.76. The molecule has 0 saturated heterocycles. The molecule has 0 aliphatic heterocycles. The van der Waals surface area contributed by atoms with Crippen molar-refractivity contribution in [2.24, 2.45) is 0 Å². The van der Waals surface area contributed by atoms with Crippen LogP contribution in [0.5, 0.6) is 0 Å². The van der Waals surface area contributed by atoms with Gasteiger partial charge in [0.1, 0.15) is 5.82 Å². The molecule has 1 aromatic heterocycles. The molecule has 0 spiro atoms. The van der Waals surface area contributed by atoms with Crippen molar-refractivity contribution in [1.29, 1.82) is 0 Å². The van der Waals surface area contributed by atoms with E-state index in [4.69, 9.17) is 0 Å². The molecule has 1 atom stereocenters. The second-order valence-electron chi connectivity index (χ2n) is 5.33. The Labute approximate surface area is 136 Å². The molecule has 0 aliphatic rings. The summed E-state index contributed by atoms with van der Waals surface area (Å²) in [6.45, 7) is 2.04. The van der Waals surface area contributed by atoms with Crippen molar-refractivity contribution in [3.63, 3.8) is 0 Å². The molecule has 0 amide bonds. The van der Waals surface area contributed by atoms with E-state index in [1.54, 1.807) is 0 Å². The van der Waals surface area contributed by atoms with Crippen LogP contribution in [0.15, 0.2) is 63.8 Å². The van der Waals surface area contributed by atoms with Crippen molar-refractivity contribution >= 4 is 21.8 Å². The van der Waals surface area contributed by atoms with E-state index < -0.39 is 10.3 Å². The van der Waals surface area contributed by atoms with Gasteiger partial charge in [-0.25, -0.2) is 4.98 Å². The van der Waals surface area contributed by atoms with Crippen LogP contribution in [0.4, 0.5) is 0 Å². The average Bonchev–Trinajstić information content (AvgIpc) is 2.98. The summed E-state index contributed by atoms with van der Waals surface area (Å²) in [4.78, 5) is 5.49. The van der Waals surface area contributed by atoms with Crippen molar-refractivity contribution in [1.82, 2.24) is 9.36 Å². The smallest absolute Gasteiger partial charge is 0.178 e. The van der Waals surface area contributed by atoms with Crippen LogP contribution < -0.4 is 0 Å². The van der Waals surface area contributed by atoms with Crippen LogP contribution in [0.25, 0.3) is 0 Å². The third-order valence-corrected chi connectivity index (χ3v) is 7.18. The molecule has 3 aromatic rings. The number of hydrogen-bond donors (Lipinski definition) is 1. The minimum Gasteiger partial charge on any atom is -0.341 e. The molecular formula is C17H18N2OS2. The van der Waals surface area contributed by atoms with Gasteiger partial charge in [-0.1, -0.05) is 58.3 Å². The first-order valence-corrected chi connectivity index (χ1v) is 9.77. The standard InChI is InChI=1S/C17H18N2OS2/c1-13-8-10-15(11-9-13)22(2,20)17-18-16(19-21-17)12-14-6-4-3-5-7-14/h3-11,20H,12H2,1-2H3. The van der Waals surface area contributed by atoms with E-state index in [2.05, 4.69) is 21.5 Å². The molecule has 0 fully saturated rings. The van der Waals surface area contributed by atoms with Gasteiger partial charge >= 0.3 is 0 Å². The summed E-state index contributed by atoms with van der Waals surface area (Å²) >= 11 is 1.30. The molecule has 3 nitrogen and oxygen atoms in total. The molecule has 1 heterocycles. The average molecular weight is 330 g/mol. The highest BCUT2D eigenvalue weighted by atomic mass is 32.3. The first kappa shape index (κ1) is 15.2. The van der Waals surface area contributed by atoms with E-state index in [9.17, 15) is 4.55 Å². The Morgan fingerprint density at radius 2 is 1.73 bits per heavy atom. The number of hydrogen-bond acceptors (Lipinski definition) is 4. The van der Waals surface area contributed by atoms with Crippen LogP contribution in [0.1, 0.15) is 17.0 Å². The van der Waals surface area contributed by atoms with Crippen LogP contribution in [-0.4, -0.2) is 20.2 Å². The zero-order chi connectivity index (χ0) is 15.6. The quantitative estimate of drug-likeness (QED) is 0.750. The van der Waals surface area contributed by atoms with Crippen molar-refractivity contribution < 1.29 is 4.55 Å². The van der Waals surface area contributed by atoms with E-state index in [0.717, 1.165) is 10.7 Å². The van der Waals surface area contributed by atoms with E-state index >= 15 is 0 Å². The van der Waals surface area contributed by atoms with Gasteiger partial charge in [0.2, 0.25) is 0 Å². The van der Waals surface area contributed by atoms with E-state index in [0.29, 0.717) is 10.8 Å². The number of benzene rings is 2. The summed E-state index contributed by atoms with van der Waals surface area (Å²) in [7, 11) is -2.08. The third kappa shape index (κ3) is 3.21. The molecule has 0 aliphatic carbocycles. The van der Waals surface area contributed by atoms with Crippen LogP contribution in [0.2, 0.25) is 0 Å². The van der Waals surface area contributed by atoms with Gasteiger partial charge in [0.05, 0.1) is 0 Å². The molecule has 5 heteroatoms. The van der Waals surface area contributed by atoms with Crippen LogP contribution in [0, 0.1) is 6.92 Å². The van der Waals surface area contributed by atoms with Gasteiger partial charge in [-0.2, -0.15) is 4.37 Å². The molecule has 1 N–H and O–H groups in total. The lowest BCUT2D eigenvalue weighted by Gasteiger charge is -2.26. The van der Waals surface area contributed by atoms with Gasteiger partial charge < -0.3 is 4.55 Å². The Morgan fingerprint density at radius 3 is 2.41 bits per heavy atom. The van der Waals surface area contributed by atoms with Crippen molar-refractivity contribution in [3.8, 4) is 0 Å². The van der Waals surface area contributed by atoms with Crippen molar-refractivity contribution in [2.45, 2.75) is 22.6 Å². The summed E-state index contributed by atoms with van der Waals surface area (Å²) in [5.41, 5.74) is 2.36. The molecular weight excluding hydrogens is 312 g/mol. The highest BCUT2D eigenvalue weighted by Gasteiger charge is 2.24. The van der Waals surface area contributed by atoms with Crippen molar-refractivity contribution in [3.05, 3.63) is 71.5 Å². The van der Waals surface area contributed by atoms with Gasteiger partial charge in [0, 0.05) is 11.3 Å². The maximum atomic E-state index is 10.9. The molecule has 1 unspecified atom stereocenters. The van der Waals surface area contributed by atoms with Crippen molar-refractivity contribution in [2.75, 3.05) is 6.26 Å². The fourth-order valence-corrected chi connectivity index (χ4v) is 4.72. The first-order valence-electron chi connectivity index (χ1n) is 7.00. The molecule has 3 rings (SSSR count). The first-order chi connectivity index (χ1) is 10.6. The van der Waals surface area contributed by atoms with Crippen LogP contribution in [-0.2, 0) is 6.42 Å². The maximum absolute atomic E-state index is 10.9. The van der Waals surface area contributed by atoms with Gasteiger partial charge in [-0.3, -0.25) is 0 Å². The lowest BCUT2D eigenvalue weighted by atomic mass is 10.1. The fourth-order valence-electron chi connectivity index (χ4n) is 2.15. The molecule has 0 bridgehead atoms. The van der Waals surface area contributed by atoms with Gasteiger partial charge in [0.15, 0.2) is 4.34 Å². The molecule has 0 radical (unpaired) electrons. The van der Waals surface area contributed by atoms with Crippen LogP contribution in [0.3, 0.4) is 0 Å². The summed E-state index contributed by atoms with van der Waals surface area (Å²) in [6, 6.07) is 18.1. The molecule has 0 saturated carbocycles. The Bertz CT molecular complexity index is 752. The molecule has 22 heavy (non-hydrogen) atoms. The van der Waals surface area contributed by atoms with Gasteiger partial charge in [0.25, 0.3) is 0 Å². The number of aromatic nitrogens is 2. The van der Waals surface area contributed by atoms with Gasteiger partial charge in [-0.05, 0) is 42.4 Å². The summed E-state index contributed by atoms with van der Waals surface area (Å²) in [6.07, 6.45) is 2.55. The fraction of sp³-hybridized carbons (Fsp3) is 0.176. The van der Waals surface area contributed by atoms with E-state index in [1.807, 2.05) is 55.6 Å². The predicted molar refractivity (Wildman–Crippen MR) is 93.0 cm³/mol. The number of nitrogens with zero attached hydrogens (tertiary/aromatic N) is 2. The minimum atomic E-state index is -2.08. The lowest BCUT2D eigenvalue weighted by Crippen LogP contribution is -1.99. The number of aryl methyl sites for hydroxylation is 1. The zero-order valence-electron chi connectivity index (χ0n) is 12.6. The minimum absolute atomic E-state index is 0.695. The van der Waals surface area contributed by atoms with Gasteiger partial charge in [-0.15, -0.1) is 0 Å². The SMILES string of the molecule is Cc1ccc(S(C)(O)c2nc(Cc3ccccc3)ns2)cc1. The zero-order valence-corrected chi connectivity index (χ0v) is 14.2. The summed E-state index contributed by atoms with van der Waals surface area (Å²) in [5, 5.41) is 0. The summed E-state index contributed by atoms with van der Waals surface area (Å²) in [5.74, 6) is 0.770. The van der Waals surface area contributed by atoms with E-state index in [1.165, 1.54) is 22.7 Å². The second-order valence-corrected chi connectivity index (χ2v) is 8.95. The largest absolute Gasteiger partial charge is 0.341 e. The Kier molecular flexibility index (Phi) is 4.29. The highest BCUT2D eigenvalue weighted by Crippen LogP contribution is 2.56. The van der Waals surface area contributed by atoms with E-state index in [-0.39, 0.29) is 0 Å². The monoisotopic (exact) mass is 330 g/mol. The third-order valence-electron chi connectivity index (χ3n) is 3.47. The Balaban J connectivity index is 1.84. The molecule has 2 aromatic carbocycles. The lowest BCUT2D eigenvalue weighted by molar-refractivity contribution is 0.629. The molecule has 114 valence electrons. The second kappa shape index (κ2) is 6.20. The summed E-state index contributed by atoms with van der Waals surface area (Å²) < 4.78 is 16.0. The Morgan fingerprint density at radius 1 is 1.05 bits per heavy atom. The maximum Gasteiger partial charge on any atom is 0.178 e. The number of rotatable bonds is 4. The van der Waals surface area contributed by atoms with Crippen LogP contribution >= 0.6 is 21.8 Å².